The highest BCUT2D eigenvalue weighted by Gasteiger charge is 2.01. The van der Waals surface area contributed by atoms with Crippen LogP contribution in [0.15, 0.2) is 42.5 Å². The highest BCUT2D eigenvalue weighted by atomic mass is 16.5. The molecule has 0 unspecified atom stereocenters. The third kappa shape index (κ3) is 3.58. The summed E-state index contributed by atoms with van der Waals surface area (Å²) in [7, 11) is 0. The molecular formula is C17H20O2. The van der Waals surface area contributed by atoms with Crippen molar-refractivity contribution in [3.63, 3.8) is 0 Å². The van der Waals surface area contributed by atoms with Crippen molar-refractivity contribution in [3.05, 3.63) is 64.7 Å². The molecule has 2 aromatic rings. The van der Waals surface area contributed by atoms with Gasteiger partial charge in [0, 0.05) is 6.42 Å². The molecule has 0 aliphatic carbocycles. The molecule has 100 valence electrons. The topological polar surface area (TPSA) is 29.5 Å². The Labute approximate surface area is 114 Å². The van der Waals surface area contributed by atoms with Crippen LogP contribution in [0.3, 0.4) is 0 Å². The molecule has 19 heavy (non-hydrogen) atoms. The number of benzene rings is 2. The molecule has 0 aliphatic rings. The molecule has 2 aromatic carbocycles. The Balaban J connectivity index is 1.90. The van der Waals surface area contributed by atoms with E-state index in [0.29, 0.717) is 6.61 Å². The lowest BCUT2D eigenvalue weighted by molar-refractivity contribution is 0.282. The fraction of sp³-hybridized carbons (Fsp3) is 0.294. The van der Waals surface area contributed by atoms with Gasteiger partial charge in [0.25, 0.3) is 0 Å². The molecule has 0 radical (unpaired) electrons. The molecule has 0 heterocycles. The van der Waals surface area contributed by atoms with Crippen molar-refractivity contribution in [3.8, 4) is 5.75 Å². The predicted molar refractivity (Wildman–Crippen MR) is 77.5 cm³/mol. The second-order valence-electron chi connectivity index (χ2n) is 4.77. The van der Waals surface area contributed by atoms with Gasteiger partial charge in [0.1, 0.15) is 5.75 Å². The van der Waals surface area contributed by atoms with E-state index in [-0.39, 0.29) is 6.61 Å². The number of ether oxygens (including phenoxy) is 1. The van der Waals surface area contributed by atoms with Crippen molar-refractivity contribution in [1.29, 1.82) is 0 Å². The van der Waals surface area contributed by atoms with Gasteiger partial charge >= 0.3 is 0 Å². The second-order valence-corrected chi connectivity index (χ2v) is 4.77. The van der Waals surface area contributed by atoms with Gasteiger partial charge in [-0.1, -0.05) is 36.4 Å². The van der Waals surface area contributed by atoms with Crippen molar-refractivity contribution in [2.75, 3.05) is 6.61 Å². The minimum absolute atomic E-state index is 0.0965. The van der Waals surface area contributed by atoms with Gasteiger partial charge in [-0.2, -0.15) is 0 Å². The average Bonchev–Trinajstić information content (AvgIpc) is 2.44. The lowest BCUT2D eigenvalue weighted by atomic mass is 10.1. The summed E-state index contributed by atoms with van der Waals surface area (Å²) in [6.45, 7) is 4.94. The third-order valence-electron chi connectivity index (χ3n) is 3.41. The minimum atomic E-state index is 0.0965. The van der Waals surface area contributed by atoms with Crippen LogP contribution in [0.1, 0.15) is 22.3 Å². The molecular weight excluding hydrogens is 236 g/mol. The van der Waals surface area contributed by atoms with E-state index in [4.69, 9.17) is 9.84 Å². The van der Waals surface area contributed by atoms with Crippen LogP contribution in [0.25, 0.3) is 0 Å². The lowest BCUT2D eigenvalue weighted by Gasteiger charge is -2.11. The Bertz CT molecular complexity index is 529. The van der Waals surface area contributed by atoms with E-state index < -0.39 is 0 Å². The molecule has 0 saturated heterocycles. The second kappa shape index (κ2) is 6.39. The van der Waals surface area contributed by atoms with E-state index in [2.05, 4.69) is 19.9 Å². The summed E-state index contributed by atoms with van der Waals surface area (Å²) >= 11 is 0. The van der Waals surface area contributed by atoms with Gasteiger partial charge in [0.2, 0.25) is 0 Å². The van der Waals surface area contributed by atoms with Gasteiger partial charge in [-0.3, -0.25) is 0 Å². The predicted octanol–water partition coefficient (Wildman–Crippen LogP) is 3.42. The van der Waals surface area contributed by atoms with Gasteiger partial charge < -0.3 is 9.84 Å². The van der Waals surface area contributed by atoms with Crippen LogP contribution in [0.4, 0.5) is 0 Å². The van der Waals surface area contributed by atoms with Crippen molar-refractivity contribution >= 4 is 0 Å². The molecule has 0 atom stereocenters. The Morgan fingerprint density at radius 1 is 0.947 bits per heavy atom. The Morgan fingerprint density at radius 2 is 1.63 bits per heavy atom. The monoisotopic (exact) mass is 256 g/mol. The fourth-order valence-electron chi connectivity index (χ4n) is 1.97. The quantitative estimate of drug-likeness (QED) is 0.888. The van der Waals surface area contributed by atoms with E-state index >= 15 is 0 Å². The molecule has 0 amide bonds. The van der Waals surface area contributed by atoms with E-state index in [9.17, 15) is 0 Å². The van der Waals surface area contributed by atoms with Crippen LogP contribution in [0, 0.1) is 13.8 Å². The zero-order valence-corrected chi connectivity index (χ0v) is 11.5. The SMILES string of the molecule is Cc1cccc(OCCc2ccc(CO)cc2)c1C. The molecule has 0 spiro atoms. The molecule has 0 saturated carbocycles. The maximum Gasteiger partial charge on any atom is 0.122 e. The molecule has 0 aromatic heterocycles. The van der Waals surface area contributed by atoms with Crippen molar-refractivity contribution in [1.82, 2.24) is 0 Å². The van der Waals surface area contributed by atoms with Crippen LogP contribution in [0.5, 0.6) is 5.75 Å². The zero-order valence-electron chi connectivity index (χ0n) is 11.5. The first-order chi connectivity index (χ1) is 9.20. The van der Waals surface area contributed by atoms with Crippen LogP contribution in [0.2, 0.25) is 0 Å². The molecule has 2 rings (SSSR count). The third-order valence-corrected chi connectivity index (χ3v) is 3.41. The highest BCUT2D eigenvalue weighted by molar-refractivity contribution is 5.38. The molecule has 2 nitrogen and oxygen atoms in total. The first-order valence-corrected chi connectivity index (χ1v) is 6.58. The van der Waals surface area contributed by atoms with Gasteiger partial charge in [-0.25, -0.2) is 0 Å². The van der Waals surface area contributed by atoms with Crippen LogP contribution >= 0.6 is 0 Å². The molecule has 2 heteroatoms. The number of rotatable bonds is 5. The lowest BCUT2D eigenvalue weighted by Crippen LogP contribution is -2.03. The Morgan fingerprint density at radius 3 is 2.32 bits per heavy atom. The maximum absolute atomic E-state index is 8.99. The summed E-state index contributed by atoms with van der Waals surface area (Å²) in [6, 6.07) is 14.1. The maximum atomic E-state index is 8.99. The summed E-state index contributed by atoms with van der Waals surface area (Å²) in [4.78, 5) is 0. The largest absolute Gasteiger partial charge is 0.493 e. The van der Waals surface area contributed by atoms with Crippen LogP contribution in [-0.2, 0) is 13.0 Å². The number of hydrogen-bond acceptors (Lipinski definition) is 2. The number of hydrogen-bond donors (Lipinski definition) is 1. The van der Waals surface area contributed by atoms with Crippen LogP contribution < -0.4 is 4.74 Å². The van der Waals surface area contributed by atoms with E-state index in [1.165, 1.54) is 16.7 Å². The van der Waals surface area contributed by atoms with Gasteiger partial charge in [-0.05, 0) is 42.2 Å². The normalized spacial score (nSPS) is 10.5. The first kappa shape index (κ1) is 13.6. The molecule has 0 bridgehead atoms. The summed E-state index contributed by atoms with van der Waals surface area (Å²) < 4.78 is 5.83. The summed E-state index contributed by atoms with van der Waals surface area (Å²) in [5, 5.41) is 8.99. The van der Waals surface area contributed by atoms with Crippen molar-refractivity contribution in [2.24, 2.45) is 0 Å². The molecule has 0 aliphatic heterocycles. The number of aliphatic hydroxyl groups is 1. The highest BCUT2D eigenvalue weighted by Crippen LogP contribution is 2.20. The standard InChI is InChI=1S/C17H20O2/c1-13-4-3-5-17(14(13)2)19-11-10-15-6-8-16(12-18)9-7-15/h3-9,18H,10-12H2,1-2H3. The summed E-state index contributed by atoms with van der Waals surface area (Å²) in [5.41, 5.74) is 4.63. The van der Waals surface area contributed by atoms with Gasteiger partial charge in [-0.15, -0.1) is 0 Å². The number of aryl methyl sites for hydroxylation is 1. The minimum Gasteiger partial charge on any atom is -0.493 e. The summed E-state index contributed by atoms with van der Waals surface area (Å²) in [6.07, 6.45) is 0.874. The molecule has 1 N–H and O–H groups in total. The Hall–Kier alpha value is -1.80. The van der Waals surface area contributed by atoms with Gasteiger partial charge in [0.15, 0.2) is 0 Å². The van der Waals surface area contributed by atoms with Crippen molar-refractivity contribution < 1.29 is 9.84 Å². The smallest absolute Gasteiger partial charge is 0.122 e. The fourth-order valence-corrected chi connectivity index (χ4v) is 1.97. The van der Waals surface area contributed by atoms with Crippen LogP contribution in [-0.4, -0.2) is 11.7 Å². The van der Waals surface area contributed by atoms with Crippen molar-refractivity contribution in [2.45, 2.75) is 26.9 Å². The zero-order chi connectivity index (χ0) is 13.7. The number of aliphatic hydroxyl groups excluding tert-OH is 1. The summed E-state index contributed by atoms with van der Waals surface area (Å²) in [5.74, 6) is 0.965. The Kier molecular flexibility index (Phi) is 4.58. The van der Waals surface area contributed by atoms with Gasteiger partial charge in [0.05, 0.1) is 13.2 Å². The van der Waals surface area contributed by atoms with E-state index in [1.807, 2.05) is 36.4 Å². The average molecular weight is 256 g/mol. The van der Waals surface area contributed by atoms with E-state index in [0.717, 1.165) is 17.7 Å². The first-order valence-electron chi connectivity index (χ1n) is 6.58. The van der Waals surface area contributed by atoms with E-state index in [1.54, 1.807) is 0 Å². The molecule has 0 fully saturated rings.